The number of aryl methyl sites for hydroxylation is 2. The molecular weight excluding hydrogens is 640 g/mol. The van der Waals surface area contributed by atoms with Crippen molar-refractivity contribution in [2.24, 2.45) is 0 Å². The fourth-order valence-corrected chi connectivity index (χ4v) is 4.45. The Morgan fingerprint density at radius 2 is 1.90 bits per heavy atom. The zero-order valence-corrected chi connectivity index (χ0v) is 26.4. The van der Waals surface area contributed by atoms with E-state index < -0.39 is 36.2 Å². The maximum Gasteiger partial charge on any atom is 0.490 e. The van der Waals surface area contributed by atoms with Crippen molar-refractivity contribution < 1.29 is 41.5 Å². The predicted molar refractivity (Wildman–Crippen MR) is 167 cm³/mol. The number of pyridine rings is 1. The van der Waals surface area contributed by atoms with Gasteiger partial charge in [0.2, 0.25) is 11.7 Å². The number of hydrogen-bond donors (Lipinski definition) is 4. The fourth-order valence-electron chi connectivity index (χ4n) is 4.45. The Morgan fingerprint density at radius 1 is 1.19 bits per heavy atom. The molecule has 0 spiro atoms. The number of rotatable bonds is 11. The highest BCUT2D eigenvalue weighted by atomic mass is 19.4. The molecule has 3 heterocycles. The third-order valence-electron chi connectivity index (χ3n) is 6.86. The summed E-state index contributed by atoms with van der Waals surface area (Å²) >= 11 is 0. The van der Waals surface area contributed by atoms with Gasteiger partial charge in [0.15, 0.2) is 17.4 Å². The lowest BCUT2D eigenvalue weighted by atomic mass is 9.98. The topological polar surface area (TPSA) is 158 Å². The molecule has 1 fully saturated rings. The molecule has 5 rings (SSSR count). The standard InChI is InChI=1S/C29H33FN8O3.C2HF3O2/c1-5-19-16-22(25(30)23(17-19)40-15-14-37(3)4)26(28-34-29(39)38(35-28)24-8-6-7-13-31-24)33-21-11-9-20(10-12-21)27-32-18(2)41-36-27;3-2(4,5)1(6)7/h6-13,16-17,26,28,33,35H,5,14-15H2,1-4H3,(H,34,39);(H,6,7). The highest BCUT2D eigenvalue weighted by Gasteiger charge is 2.39. The number of urea groups is 1. The van der Waals surface area contributed by atoms with E-state index in [2.05, 4.69) is 31.2 Å². The van der Waals surface area contributed by atoms with Gasteiger partial charge >= 0.3 is 18.2 Å². The van der Waals surface area contributed by atoms with Crippen LogP contribution in [0.25, 0.3) is 11.4 Å². The molecule has 2 aromatic carbocycles. The van der Waals surface area contributed by atoms with Crippen molar-refractivity contribution in [1.29, 1.82) is 0 Å². The van der Waals surface area contributed by atoms with Crippen LogP contribution in [0.1, 0.15) is 30.0 Å². The van der Waals surface area contributed by atoms with Gasteiger partial charge in [-0.3, -0.25) is 0 Å². The molecule has 256 valence electrons. The molecule has 2 atom stereocenters. The van der Waals surface area contributed by atoms with Crippen LogP contribution in [0.3, 0.4) is 0 Å². The molecule has 2 amide bonds. The summed E-state index contributed by atoms with van der Waals surface area (Å²) in [6, 6.07) is 15.1. The van der Waals surface area contributed by atoms with Gasteiger partial charge in [0.05, 0.1) is 6.04 Å². The Hall–Kier alpha value is -5.29. The number of nitrogens with zero attached hydrogens (tertiary/aromatic N) is 5. The fraction of sp³-hybridized carbons (Fsp3) is 0.323. The van der Waals surface area contributed by atoms with Gasteiger partial charge in [0, 0.05) is 36.5 Å². The summed E-state index contributed by atoms with van der Waals surface area (Å²) < 4.78 is 58.9. The number of aliphatic carboxylic acids is 1. The number of nitrogens with one attached hydrogen (secondary N) is 3. The Morgan fingerprint density at radius 3 is 2.46 bits per heavy atom. The first-order chi connectivity index (χ1) is 22.8. The summed E-state index contributed by atoms with van der Waals surface area (Å²) in [7, 11) is 3.86. The number of carboxylic acid groups (broad SMARTS) is 1. The van der Waals surface area contributed by atoms with E-state index in [9.17, 15) is 18.0 Å². The van der Waals surface area contributed by atoms with Gasteiger partial charge in [-0.25, -0.2) is 24.0 Å². The number of ether oxygens (including phenoxy) is 1. The van der Waals surface area contributed by atoms with E-state index in [0.29, 0.717) is 48.4 Å². The van der Waals surface area contributed by atoms with Crippen LogP contribution in [-0.2, 0) is 11.2 Å². The quantitative estimate of drug-likeness (QED) is 0.160. The molecule has 4 N–H and O–H groups in total. The number of carbonyl (C=O) groups is 2. The van der Waals surface area contributed by atoms with Crippen molar-refractivity contribution in [2.75, 3.05) is 37.6 Å². The number of likely N-dealkylation sites (N-methyl/N-ethyl adjacent to an activating group) is 1. The van der Waals surface area contributed by atoms with Crippen molar-refractivity contribution in [1.82, 2.24) is 30.8 Å². The number of hydrogen-bond acceptors (Lipinski definition) is 10. The largest absolute Gasteiger partial charge is 0.490 e. The molecule has 2 aromatic heterocycles. The molecule has 2 unspecified atom stereocenters. The molecule has 1 aliphatic rings. The van der Waals surface area contributed by atoms with Crippen molar-refractivity contribution in [3.05, 3.63) is 83.6 Å². The normalized spacial score (nSPS) is 15.1. The Balaban J connectivity index is 0.000000671. The molecule has 1 saturated heterocycles. The second-order valence-corrected chi connectivity index (χ2v) is 10.7. The maximum absolute atomic E-state index is 16.2. The van der Waals surface area contributed by atoms with Crippen LogP contribution >= 0.6 is 0 Å². The van der Waals surface area contributed by atoms with Crippen LogP contribution in [0.4, 0.5) is 33.9 Å². The van der Waals surface area contributed by atoms with Gasteiger partial charge in [-0.2, -0.15) is 23.6 Å². The Labute approximate surface area is 272 Å². The van der Waals surface area contributed by atoms with E-state index in [1.807, 2.05) is 50.2 Å². The van der Waals surface area contributed by atoms with Gasteiger partial charge < -0.3 is 29.9 Å². The smallest absolute Gasteiger partial charge is 0.489 e. The van der Waals surface area contributed by atoms with E-state index in [-0.39, 0.29) is 5.75 Å². The molecule has 48 heavy (non-hydrogen) atoms. The van der Waals surface area contributed by atoms with Gasteiger partial charge in [0.25, 0.3) is 0 Å². The van der Waals surface area contributed by atoms with Crippen molar-refractivity contribution in [3.63, 3.8) is 0 Å². The third kappa shape index (κ3) is 9.16. The molecule has 0 radical (unpaired) electrons. The second-order valence-electron chi connectivity index (χ2n) is 10.7. The zero-order valence-electron chi connectivity index (χ0n) is 26.4. The molecule has 0 saturated carbocycles. The number of hydrazine groups is 1. The Kier molecular flexibility index (Phi) is 11.5. The van der Waals surface area contributed by atoms with Crippen molar-refractivity contribution >= 4 is 23.5 Å². The first-order valence-corrected chi connectivity index (χ1v) is 14.6. The number of aromatic nitrogens is 3. The molecule has 0 bridgehead atoms. The first-order valence-electron chi connectivity index (χ1n) is 14.6. The van der Waals surface area contributed by atoms with Crippen LogP contribution in [-0.4, -0.2) is 76.7 Å². The summed E-state index contributed by atoms with van der Waals surface area (Å²) in [6.07, 6.45) is -3.53. The van der Waals surface area contributed by atoms with Gasteiger partial charge in [-0.1, -0.05) is 24.2 Å². The summed E-state index contributed by atoms with van der Waals surface area (Å²) in [4.78, 5) is 32.4. The van der Waals surface area contributed by atoms with Gasteiger partial charge in [-0.15, -0.1) is 0 Å². The molecule has 13 nitrogen and oxygen atoms in total. The molecule has 17 heteroatoms. The number of halogens is 4. The van der Waals surface area contributed by atoms with Crippen LogP contribution < -0.4 is 25.8 Å². The minimum absolute atomic E-state index is 0.168. The molecule has 4 aromatic rings. The minimum atomic E-state index is -5.08. The number of anilines is 2. The third-order valence-corrected chi connectivity index (χ3v) is 6.86. The van der Waals surface area contributed by atoms with Crippen LogP contribution in [0.15, 0.2) is 65.3 Å². The van der Waals surface area contributed by atoms with Crippen LogP contribution in [0.5, 0.6) is 5.75 Å². The van der Waals surface area contributed by atoms with E-state index in [1.165, 1.54) is 5.01 Å². The molecule has 0 aliphatic carbocycles. The zero-order chi connectivity index (χ0) is 35.0. The highest BCUT2D eigenvalue weighted by Crippen LogP contribution is 2.33. The van der Waals surface area contributed by atoms with Gasteiger partial charge in [-0.05, 0) is 68.5 Å². The summed E-state index contributed by atoms with van der Waals surface area (Å²) in [6.45, 7) is 4.70. The van der Waals surface area contributed by atoms with Crippen molar-refractivity contribution in [2.45, 2.75) is 38.7 Å². The van der Waals surface area contributed by atoms with Crippen molar-refractivity contribution in [3.8, 4) is 17.1 Å². The highest BCUT2D eigenvalue weighted by molar-refractivity contribution is 5.92. The van der Waals surface area contributed by atoms with Gasteiger partial charge in [0.1, 0.15) is 12.8 Å². The molecule has 1 aliphatic heterocycles. The minimum Gasteiger partial charge on any atom is -0.489 e. The van der Waals surface area contributed by atoms with E-state index in [1.54, 1.807) is 43.5 Å². The summed E-state index contributed by atoms with van der Waals surface area (Å²) in [5, 5.41) is 18.8. The average molecular weight is 675 g/mol. The van der Waals surface area contributed by atoms with Crippen LogP contribution in [0, 0.1) is 12.7 Å². The monoisotopic (exact) mass is 674 g/mol. The summed E-state index contributed by atoms with van der Waals surface area (Å²) in [5.41, 5.74) is 5.88. The number of benzene rings is 2. The lowest BCUT2D eigenvalue weighted by Crippen LogP contribution is -2.44. The maximum atomic E-state index is 16.2. The number of carbonyl (C=O) groups excluding carboxylic acids is 1. The lowest BCUT2D eigenvalue weighted by Gasteiger charge is -2.28. The number of amides is 2. The SMILES string of the molecule is CCc1cc(OCCN(C)C)c(F)c(C(Nc2ccc(-c3noc(C)n3)cc2)C2NC(=O)N(c3ccccn3)N2)c1.O=C(O)C(F)(F)F. The molecular formula is C31H34F4N8O5. The summed E-state index contributed by atoms with van der Waals surface area (Å²) in [5.74, 6) is -1.72. The van der Waals surface area contributed by atoms with Crippen LogP contribution in [0.2, 0.25) is 0 Å². The van der Waals surface area contributed by atoms with E-state index in [4.69, 9.17) is 19.2 Å². The second kappa shape index (κ2) is 15.5. The average Bonchev–Trinajstić information content (AvgIpc) is 3.66. The number of carboxylic acids is 1. The van der Waals surface area contributed by atoms with E-state index in [0.717, 1.165) is 11.1 Å². The Bertz CT molecular complexity index is 1690. The first kappa shape index (κ1) is 35.6. The predicted octanol–water partition coefficient (Wildman–Crippen LogP) is 4.93. The number of alkyl halides is 3. The lowest BCUT2D eigenvalue weighted by molar-refractivity contribution is -0.192. The van der Waals surface area contributed by atoms with E-state index >= 15 is 4.39 Å².